The molecule has 2 aromatic rings. The van der Waals surface area contributed by atoms with Gasteiger partial charge in [0, 0.05) is 33.9 Å². The summed E-state index contributed by atoms with van der Waals surface area (Å²) in [5.41, 5.74) is 2.15. The number of nitrogens with zero attached hydrogens (tertiary/aromatic N) is 4. The average Bonchev–Trinajstić information content (AvgIpc) is 3.18. The third-order valence-electron chi connectivity index (χ3n) is 3.49. The third-order valence-corrected chi connectivity index (χ3v) is 3.49. The molecule has 0 fully saturated rings. The molecule has 0 saturated carbocycles. The molecule has 0 atom stereocenters. The molecule has 8 heteroatoms. The number of hydrogen-bond donors (Lipinski definition) is 2. The first-order valence-corrected chi connectivity index (χ1v) is 8.28. The summed E-state index contributed by atoms with van der Waals surface area (Å²) >= 11 is 0. The molecule has 0 bridgehead atoms. The molecular weight excluding hydrogens is 320 g/mol. The van der Waals surface area contributed by atoms with Gasteiger partial charge in [-0.25, -0.2) is 9.67 Å². The van der Waals surface area contributed by atoms with E-state index in [-0.39, 0.29) is 0 Å². The number of nitrogens with one attached hydrogen (secondary N) is 2. The molecule has 1 aromatic carbocycles. The van der Waals surface area contributed by atoms with Crippen molar-refractivity contribution in [2.45, 2.75) is 13.0 Å². The molecule has 0 radical (unpaired) electrons. The van der Waals surface area contributed by atoms with E-state index in [1.807, 2.05) is 12.1 Å². The molecule has 0 aliphatic rings. The van der Waals surface area contributed by atoms with Crippen molar-refractivity contribution in [2.75, 3.05) is 40.5 Å². The van der Waals surface area contributed by atoms with Crippen molar-refractivity contribution in [1.29, 1.82) is 0 Å². The maximum atomic E-state index is 5.42. The van der Waals surface area contributed by atoms with Gasteiger partial charge in [-0.05, 0) is 24.1 Å². The van der Waals surface area contributed by atoms with E-state index in [1.165, 1.54) is 6.33 Å². The van der Waals surface area contributed by atoms with Gasteiger partial charge >= 0.3 is 0 Å². The maximum absolute atomic E-state index is 5.42. The summed E-state index contributed by atoms with van der Waals surface area (Å²) in [5.74, 6) is 0.775. The Hall–Kier alpha value is -2.45. The van der Waals surface area contributed by atoms with Crippen molar-refractivity contribution in [3.63, 3.8) is 0 Å². The lowest BCUT2D eigenvalue weighted by Crippen LogP contribution is -2.37. The van der Waals surface area contributed by atoms with Gasteiger partial charge in [0.2, 0.25) is 0 Å². The number of rotatable bonds is 10. The van der Waals surface area contributed by atoms with Gasteiger partial charge < -0.3 is 20.1 Å². The Kier molecular flexibility index (Phi) is 8.43. The van der Waals surface area contributed by atoms with Crippen LogP contribution < -0.4 is 10.6 Å². The highest BCUT2D eigenvalue weighted by molar-refractivity contribution is 5.79. The summed E-state index contributed by atoms with van der Waals surface area (Å²) in [5, 5.41) is 10.7. The maximum Gasteiger partial charge on any atom is 0.191 e. The van der Waals surface area contributed by atoms with Crippen LogP contribution in [0.1, 0.15) is 12.0 Å². The first kappa shape index (κ1) is 18.9. The van der Waals surface area contributed by atoms with Crippen LogP contribution in [-0.2, 0) is 16.0 Å². The largest absolute Gasteiger partial charge is 0.382 e. The van der Waals surface area contributed by atoms with Gasteiger partial charge in [0.1, 0.15) is 12.7 Å². The Balaban J connectivity index is 1.66. The van der Waals surface area contributed by atoms with Gasteiger partial charge in [-0.2, -0.15) is 5.10 Å². The number of benzene rings is 1. The number of methoxy groups -OCH3 is 1. The predicted octanol–water partition coefficient (Wildman–Crippen LogP) is 0.985. The highest BCUT2D eigenvalue weighted by Gasteiger charge is 2.00. The monoisotopic (exact) mass is 346 g/mol. The van der Waals surface area contributed by atoms with E-state index in [0.717, 1.165) is 30.2 Å². The number of ether oxygens (including phenoxy) is 2. The summed E-state index contributed by atoms with van der Waals surface area (Å²) in [6.45, 7) is 3.47. The standard InChI is InChI=1S/C17H26N6O2/c1-18-17(20-8-3-9-25-11-10-24-2)21-12-15-4-6-16(7-5-15)23-14-19-13-22-23/h4-7,13-14H,3,8-12H2,1-2H3,(H2,18,20,21). The Morgan fingerprint density at radius 1 is 1.16 bits per heavy atom. The van der Waals surface area contributed by atoms with E-state index < -0.39 is 0 Å². The topological polar surface area (TPSA) is 85.6 Å². The van der Waals surface area contributed by atoms with E-state index in [0.29, 0.717) is 26.4 Å². The van der Waals surface area contributed by atoms with Gasteiger partial charge in [-0.15, -0.1) is 0 Å². The van der Waals surface area contributed by atoms with Crippen molar-refractivity contribution >= 4 is 5.96 Å². The lowest BCUT2D eigenvalue weighted by molar-refractivity contribution is 0.0698. The van der Waals surface area contributed by atoms with Crippen molar-refractivity contribution in [3.05, 3.63) is 42.5 Å². The Morgan fingerprint density at radius 3 is 2.68 bits per heavy atom. The van der Waals surface area contributed by atoms with Crippen molar-refractivity contribution < 1.29 is 9.47 Å². The predicted molar refractivity (Wildman–Crippen MR) is 96.9 cm³/mol. The van der Waals surface area contributed by atoms with E-state index in [4.69, 9.17) is 9.47 Å². The summed E-state index contributed by atoms with van der Waals surface area (Å²) in [4.78, 5) is 8.17. The zero-order valence-electron chi connectivity index (χ0n) is 14.8. The van der Waals surface area contributed by atoms with E-state index in [9.17, 15) is 0 Å². The second-order valence-electron chi connectivity index (χ2n) is 5.32. The van der Waals surface area contributed by atoms with Crippen LogP contribution in [0.4, 0.5) is 0 Å². The third kappa shape index (κ3) is 6.90. The summed E-state index contributed by atoms with van der Waals surface area (Å²) in [6.07, 6.45) is 4.11. The van der Waals surface area contributed by atoms with Crippen LogP contribution in [0.3, 0.4) is 0 Å². The number of guanidine groups is 1. The minimum atomic E-state index is 0.631. The quantitative estimate of drug-likeness (QED) is 0.379. The highest BCUT2D eigenvalue weighted by atomic mass is 16.5. The van der Waals surface area contributed by atoms with Crippen LogP contribution in [0.15, 0.2) is 41.9 Å². The second-order valence-corrected chi connectivity index (χ2v) is 5.32. The van der Waals surface area contributed by atoms with Crippen LogP contribution in [0.5, 0.6) is 0 Å². The molecular formula is C17H26N6O2. The average molecular weight is 346 g/mol. The van der Waals surface area contributed by atoms with Gasteiger partial charge in [-0.3, -0.25) is 4.99 Å². The van der Waals surface area contributed by atoms with E-state index in [1.54, 1.807) is 25.2 Å². The second kappa shape index (κ2) is 11.2. The van der Waals surface area contributed by atoms with Crippen LogP contribution in [0.25, 0.3) is 5.69 Å². The number of aliphatic imine (C=N–C) groups is 1. The molecule has 0 saturated heterocycles. The van der Waals surface area contributed by atoms with Crippen LogP contribution >= 0.6 is 0 Å². The molecule has 136 valence electrons. The molecule has 0 aliphatic heterocycles. The fourth-order valence-corrected chi connectivity index (χ4v) is 2.14. The van der Waals surface area contributed by atoms with Crippen LogP contribution in [-0.4, -0.2) is 61.2 Å². The first-order valence-electron chi connectivity index (χ1n) is 8.28. The van der Waals surface area contributed by atoms with Crippen molar-refractivity contribution in [3.8, 4) is 5.69 Å². The molecule has 1 heterocycles. The molecule has 8 nitrogen and oxygen atoms in total. The molecule has 0 aliphatic carbocycles. The van der Waals surface area contributed by atoms with Crippen LogP contribution in [0.2, 0.25) is 0 Å². The van der Waals surface area contributed by atoms with E-state index in [2.05, 4.69) is 37.8 Å². The molecule has 2 N–H and O–H groups in total. The van der Waals surface area contributed by atoms with Crippen molar-refractivity contribution in [2.24, 2.45) is 4.99 Å². The van der Waals surface area contributed by atoms with Gasteiger partial charge in [0.05, 0.1) is 18.9 Å². The summed E-state index contributed by atoms with van der Waals surface area (Å²) in [7, 11) is 3.43. The Morgan fingerprint density at radius 2 is 2.00 bits per heavy atom. The van der Waals surface area contributed by atoms with Crippen LogP contribution in [0, 0.1) is 0 Å². The SMILES string of the molecule is CN=C(NCCCOCCOC)NCc1ccc(-n2cncn2)cc1. The normalized spacial score (nSPS) is 11.5. The molecule has 25 heavy (non-hydrogen) atoms. The zero-order chi connectivity index (χ0) is 17.7. The fraction of sp³-hybridized carbons (Fsp3) is 0.471. The summed E-state index contributed by atoms with van der Waals surface area (Å²) in [6, 6.07) is 8.14. The molecule has 0 unspecified atom stereocenters. The molecule has 1 aromatic heterocycles. The Bertz CT molecular complexity index is 613. The minimum Gasteiger partial charge on any atom is -0.382 e. The minimum absolute atomic E-state index is 0.631. The van der Waals surface area contributed by atoms with Crippen molar-refractivity contribution in [1.82, 2.24) is 25.4 Å². The van der Waals surface area contributed by atoms with Gasteiger partial charge in [0.25, 0.3) is 0 Å². The summed E-state index contributed by atoms with van der Waals surface area (Å²) < 4.78 is 12.1. The molecule has 0 spiro atoms. The van der Waals surface area contributed by atoms with Gasteiger partial charge in [-0.1, -0.05) is 12.1 Å². The molecule has 2 rings (SSSR count). The smallest absolute Gasteiger partial charge is 0.191 e. The Labute approximate surface area is 148 Å². The number of aromatic nitrogens is 3. The molecule has 0 amide bonds. The zero-order valence-corrected chi connectivity index (χ0v) is 14.8. The lowest BCUT2D eigenvalue weighted by Gasteiger charge is -2.12. The highest BCUT2D eigenvalue weighted by Crippen LogP contribution is 2.07. The first-order chi connectivity index (χ1) is 12.3. The fourth-order valence-electron chi connectivity index (χ4n) is 2.14. The number of hydrogen-bond acceptors (Lipinski definition) is 5. The van der Waals surface area contributed by atoms with E-state index >= 15 is 0 Å². The lowest BCUT2D eigenvalue weighted by atomic mass is 10.2. The van der Waals surface area contributed by atoms with Gasteiger partial charge in [0.15, 0.2) is 5.96 Å².